The van der Waals surface area contributed by atoms with Gasteiger partial charge in [-0.05, 0) is 32.1 Å². The Labute approximate surface area is 114 Å². The quantitative estimate of drug-likeness (QED) is 0.515. The van der Waals surface area contributed by atoms with Crippen LogP contribution in [0, 0.1) is 5.92 Å². The lowest BCUT2D eigenvalue weighted by Gasteiger charge is -2.24. The van der Waals surface area contributed by atoms with E-state index < -0.39 is 6.10 Å². The summed E-state index contributed by atoms with van der Waals surface area (Å²) in [6.45, 7) is 2.89. The van der Waals surface area contributed by atoms with Crippen molar-refractivity contribution in [1.82, 2.24) is 0 Å². The van der Waals surface area contributed by atoms with Gasteiger partial charge in [-0.25, -0.2) is 0 Å². The molecule has 5 heteroatoms. The molecule has 112 valence electrons. The number of hydrogen-bond acceptors (Lipinski definition) is 5. The van der Waals surface area contributed by atoms with Gasteiger partial charge in [-0.3, -0.25) is 4.79 Å². The first kappa shape index (κ1) is 16.4. The van der Waals surface area contributed by atoms with Crippen molar-refractivity contribution < 1.29 is 24.5 Å². The minimum Gasteiger partial charge on any atom is -0.463 e. The SMILES string of the molecule is CCCCOCC(O)COC(=O)C1CCC(O)CC1. The molecule has 0 heterocycles. The van der Waals surface area contributed by atoms with Crippen molar-refractivity contribution in [2.45, 2.75) is 57.7 Å². The first-order chi connectivity index (χ1) is 9.13. The fourth-order valence-corrected chi connectivity index (χ4v) is 2.12. The average molecular weight is 274 g/mol. The lowest BCUT2D eigenvalue weighted by atomic mass is 9.87. The number of aliphatic hydroxyl groups is 2. The van der Waals surface area contributed by atoms with Gasteiger partial charge >= 0.3 is 5.97 Å². The highest BCUT2D eigenvalue weighted by molar-refractivity contribution is 5.72. The fourth-order valence-electron chi connectivity index (χ4n) is 2.12. The lowest BCUT2D eigenvalue weighted by Crippen LogP contribution is -2.29. The number of unbranched alkanes of at least 4 members (excludes halogenated alkanes) is 1. The summed E-state index contributed by atoms with van der Waals surface area (Å²) in [4.78, 5) is 11.7. The van der Waals surface area contributed by atoms with Crippen LogP contribution in [0.25, 0.3) is 0 Å². The van der Waals surface area contributed by atoms with E-state index in [4.69, 9.17) is 9.47 Å². The maximum absolute atomic E-state index is 11.7. The van der Waals surface area contributed by atoms with Crippen LogP contribution in [0.2, 0.25) is 0 Å². The van der Waals surface area contributed by atoms with Crippen LogP contribution in [0.4, 0.5) is 0 Å². The Bertz CT molecular complexity index is 248. The van der Waals surface area contributed by atoms with Crippen molar-refractivity contribution in [1.29, 1.82) is 0 Å². The molecular formula is C14H26O5. The third-order valence-corrected chi connectivity index (χ3v) is 3.40. The van der Waals surface area contributed by atoms with Gasteiger partial charge in [0.05, 0.1) is 18.6 Å². The molecule has 0 aromatic rings. The molecule has 0 spiro atoms. The fraction of sp³-hybridized carbons (Fsp3) is 0.929. The summed E-state index contributed by atoms with van der Waals surface area (Å²) < 4.78 is 10.3. The van der Waals surface area contributed by atoms with E-state index in [1.807, 2.05) is 0 Å². The molecule has 5 nitrogen and oxygen atoms in total. The summed E-state index contributed by atoms with van der Waals surface area (Å²) in [5.74, 6) is -0.392. The minimum atomic E-state index is -0.755. The van der Waals surface area contributed by atoms with Gasteiger partial charge in [-0.2, -0.15) is 0 Å². The Balaban J connectivity index is 2.08. The molecule has 1 saturated carbocycles. The molecule has 1 rings (SSSR count). The predicted molar refractivity (Wildman–Crippen MR) is 70.7 cm³/mol. The van der Waals surface area contributed by atoms with Gasteiger partial charge in [-0.15, -0.1) is 0 Å². The first-order valence-electron chi connectivity index (χ1n) is 7.24. The maximum atomic E-state index is 11.7. The predicted octanol–water partition coefficient (Wildman–Crippen LogP) is 1.26. The van der Waals surface area contributed by atoms with Gasteiger partial charge in [0.15, 0.2) is 0 Å². The van der Waals surface area contributed by atoms with E-state index >= 15 is 0 Å². The van der Waals surface area contributed by atoms with Gasteiger partial charge < -0.3 is 19.7 Å². The second kappa shape index (κ2) is 9.28. The molecule has 1 unspecified atom stereocenters. The van der Waals surface area contributed by atoms with Crippen LogP contribution < -0.4 is 0 Å². The molecule has 1 fully saturated rings. The first-order valence-corrected chi connectivity index (χ1v) is 7.24. The van der Waals surface area contributed by atoms with E-state index in [-0.39, 0.29) is 31.2 Å². The van der Waals surface area contributed by atoms with Gasteiger partial charge in [-0.1, -0.05) is 13.3 Å². The molecule has 0 saturated heterocycles. The smallest absolute Gasteiger partial charge is 0.309 e. The second-order valence-electron chi connectivity index (χ2n) is 5.22. The van der Waals surface area contributed by atoms with Gasteiger partial charge in [0.1, 0.15) is 12.7 Å². The van der Waals surface area contributed by atoms with Crippen molar-refractivity contribution in [2.75, 3.05) is 19.8 Å². The summed E-state index contributed by atoms with van der Waals surface area (Å²) in [5, 5.41) is 19.0. The van der Waals surface area contributed by atoms with Crippen LogP contribution >= 0.6 is 0 Å². The zero-order valence-corrected chi connectivity index (χ0v) is 11.7. The van der Waals surface area contributed by atoms with Crippen molar-refractivity contribution >= 4 is 5.97 Å². The zero-order valence-electron chi connectivity index (χ0n) is 11.7. The molecule has 1 aliphatic carbocycles. The van der Waals surface area contributed by atoms with Crippen LogP contribution in [-0.4, -0.2) is 48.2 Å². The number of carbonyl (C=O) groups is 1. The highest BCUT2D eigenvalue weighted by atomic mass is 16.5. The number of carbonyl (C=O) groups excluding carboxylic acids is 1. The molecule has 0 aliphatic heterocycles. The Morgan fingerprint density at radius 3 is 2.58 bits per heavy atom. The summed E-state index contributed by atoms with van der Waals surface area (Å²) in [6.07, 6.45) is 3.64. The summed E-state index contributed by atoms with van der Waals surface area (Å²) >= 11 is 0. The van der Waals surface area contributed by atoms with Crippen LogP contribution in [-0.2, 0) is 14.3 Å². The molecule has 1 aliphatic rings. The third-order valence-electron chi connectivity index (χ3n) is 3.40. The van der Waals surface area contributed by atoms with E-state index in [1.54, 1.807) is 0 Å². The summed E-state index contributed by atoms with van der Waals surface area (Å²) in [7, 11) is 0. The summed E-state index contributed by atoms with van der Waals surface area (Å²) in [6, 6.07) is 0. The molecule has 0 bridgehead atoms. The van der Waals surface area contributed by atoms with Crippen LogP contribution in [0.1, 0.15) is 45.4 Å². The number of hydrogen-bond donors (Lipinski definition) is 2. The molecule has 2 N–H and O–H groups in total. The summed E-state index contributed by atoms with van der Waals surface area (Å²) in [5.41, 5.74) is 0. The molecule has 0 aromatic heterocycles. The van der Waals surface area contributed by atoms with Crippen LogP contribution in [0.5, 0.6) is 0 Å². The zero-order chi connectivity index (χ0) is 14.1. The van der Waals surface area contributed by atoms with Gasteiger partial charge in [0, 0.05) is 6.61 Å². The van der Waals surface area contributed by atoms with Crippen LogP contribution in [0.3, 0.4) is 0 Å². The molecule has 0 radical (unpaired) electrons. The van der Waals surface area contributed by atoms with Gasteiger partial charge in [0.2, 0.25) is 0 Å². The van der Waals surface area contributed by atoms with Crippen molar-refractivity contribution in [3.63, 3.8) is 0 Å². The van der Waals surface area contributed by atoms with Crippen LogP contribution in [0.15, 0.2) is 0 Å². The highest BCUT2D eigenvalue weighted by Crippen LogP contribution is 2.25. The second-order valence-corrected chi connectivity index (χ2v) is 5.22. The van der Waals surface area contributed by atoms with E-state index in [2.05, 4.69) is 6.92 Å². The van der Waals surface area contributed by atoms with Crippen molar-refractivity contribution in [3.8, 4) is 0 Å². The molecule has 0 amide bonds. The number of esters is 1. The molecule has 0 aromatic carbocycles. The standard InChI is InChI=1S/C14H26O5/c1-2-3-8-18-9-13(16)10-19-14(17)11-4-6-12(15)7-5-11/h11-13,15-16H,2-10H2,1H3. The Kier molecular flexibility index (Phi) is 8.02. The molecule has 19 heavy (non-hydrogen) atoms. The van der Waals surface area contributed by atoms with E-state index in [0.717, 1.165) is 12.8 Å². The van der Waals surface area contributed by atoms with E-state index in [9.17, 15) is 15.0 Å². The number of ether oxygens (including phenoxy) is 2. The molecular weight excluding hydrogens is 248 g/mol. The average Bonchev–Trinajstić information content (AvgIpc) is 2.42. The lowest BCUT2D eigenvalue weighted by molar-refractivity contribution is -0.154. The topological polar surface area (TPSA) is 76.0 Å². The van der Waals surface area contributed by atoms with Crippen molar-refractivity contribution in [2.24, 2.45) is 5.92 Å². The van der Waals surface area contributed by atoms with Gasteiger partial charge in [0.25, 0.3) is 0 Å². The monoisotopic (exact) mass is 274 g/mol. The number of aliphatic hydroxyl groups excluding tert-OH is 2. The van der Waals surface area contributed by atoms with E-state index in [1.165, 1.54) is 0 Å². The maximum Gasteiger partial charge on any atom is 0.309 e. The Morgan fingerprint density at radius 1 is 1.26 bits per heavy atom. The molecule has 1 atom stereocenters. The third kappa shape index (κ3) is 6.89. The van der Waals surface area contributed by atoms with E-state index in [0.29, 0.717) is 32.3 Å². The Morgan fingerprint density at radius 2 is 1.95 bits per heavy atom. The number of rotatable bonds is 8. The normalized spacial score (nSPS) is 25.0. The minimum absolute atomic E-state index is 0.00991. The largest absolute Gasteiger partial charge is 0.463 e. The Hall–Kier alpha value is -0.650. The highest BCUT2D eigenvalue weighted by Gasteiger charge is 2.26. The van der Waals surface area contributed by atoms with Crippen molar-refractivity contribution in [3.05, 3.63) is 0 Å².